The summed E-state index contributed by atoms with van der Waals surface area (Å²) in [6.45, 7) is 3.34. The molecule has 4 rings (SSSR count). The molecule has 0 amide bonds. The second kappa shape index (κ2) is 5.18. The maximum Gasteiger partial charge on any atom is 0.0354 e. The van der Waals surface area contributed by atoms with Crippen LogP contribution in [0.15, 0.2) is 24.3 Å². The molecule has 0 aromatic heterocycles. The molecule has 1 aromatic carbocycles. The van der Waals surface area contributed by atoms with Gasteiger partial charge in [-0.3, -0.25) is 0 Å². The Labute approximate surface area is 123 Å². The van der Waals surface area contributed by atoms with E-state index in [1.807, 2.05) is 0 Å². The van der Waals surface area contributed by atoms with Crippen molar-refractivity contribution < 1.29 is 0 Å². The van der Waals surface area contributed by atoms with Crippen LogP contribution in [0.2, 0.25) is 0 Å². The molecule has 5 atom stereocenters. The number of benzene rings is 1. The van der Waals surface area contributed by atoms with Crippen molar-refractivity contribution in [2.24, 2.45) is 23.7 Å². The molecule has 3 aliphatic rings. The highest BCUT2D eigenvalue weighted by Crippen LogP contribution is 2.52. The van der Waals surface area contributed by atoms with E-state index in [1.165, 1.54) is 32.1 Å². The summed E-state index contributed by atoms with van der Waals surface area (Å²) in [5.41, 5.74) is 3.19. The van der Waals surface area contributed by atoms with Crippen LogP contribution in [0.5, 0.6) is 0 Å². The van der Waals surface area contributed by atoms with Gasteiger partial charge in [-0.05, 0) is 73.4 Å². The Hall–Kier alpha value is -0.820. The monoisotopic (exact) mass is 269 g/mol. The van der Waals surface area contributed by atoms with E-state index in [9.17, 15) is 0 Å². The number of hydrogen-bond donors (Lipinski definition) is 1. The number of rotatable bonds is 4. The van der Waals surface area contributed by atoms with Gasteiger partial charge in [-0.15, -0.1) is 0 Å². The summed E-state index contributed by atoms with van der Waals surface area (Å²) in [4.78, 5) is 0. The Bertz CT molecular complexity index is 480. The Morgan fingerprint density at radius 1 is 1.10 bits per heavy atom. The molecule has 108 valence electrons. The van der Waals surface area contributed by atoms with E-state index < -0.39 is 0 Å². The molecule has 2 saturated carbocycles. The van der Waals surface area contributed by atoms with Gasteiger partial charge in [0.05, 0.1) is 0 Å². The minimum Gasteiger partial charge on any atom is -0.310 e. The van der Waals surface area contributed by atoms with Crippen molar-refractivity contribution >= 4 is 0 Å². The highest BCUT2D eigenvalue weighted by molar-refractivity contribution is 5.35. The van der Waals surface area contributed by atoms with Crippen LogP contribution < -0.4 is 5.32 Å². The van der Waals surface area contributed by atoms with Crippen LogP contribution in [0.1, 0.15) is 56.2 Å². The lowest BCUT2D eigenvalue weighted by Gasteiger charge is -2.28. The molecule has 1 N–H and O–H groups in total. The zero-order valence-corrected chi connectivity index (χ0v) is 12.6. The second-order valence-electron chi connectivity index (χ2n) is 7.37. The third-order valence-corrected chi connectivity index (χ3v) is 6.26. The molecule has 1 heteroatoms. The van der Waals surface area contributed by atoms with Gasteiger partial charge in [0.15, 0.2) is 0 Å². The summed E-state index contributed by atoms with van der Waals surface area (Å²) < 4.78 is 0. The van der Waals surface area contributed by atoms with Gasteiger partial charge in [0.1, 0.15) is 0 Å². The van der Waals surface area contributed by atoms with Crippen molar-refractivity contribution in [3.05, 3.63) is 35.4 Å². The normalized spacial score (nSPS) is 38.4. The van der Waals surface area contributed by atoms with Gasteiger partial charge >= 0.3 is 0 Å². The maximum absolute atomic E-state index is 3.77. The average Bonchev–Trinajstić information content (AvgIpc) is 3.15. The van der Waals surface area contributed by atoms with Gasteiger partial charge in [0.2, 0.25) is 0 Å². The molecule has 5 unspecified atom stereocenters. The second-order valence-corrected chi connectivity index (χ2v) is 7.37. The minimum absolute atomic E-state index is 0.621. The fraction of sp³-hybridized carbons (Fsp3) is 0.684. The van der Waals surface area contributed by atoms with E-state index in [0.717, 1.165) is 30.2 Å². The summed E-state index contributed by atoms with van der Waals surface area (Å²) in [5, 5.41) is 3.77. The van der Waals surface area contributed by atoms with E-state index >= 15 is 0 Å². The van der Waals surface area contributed by atoms with Crippen molar-refractivity contribution in [3.8, 4) is 0 Å². The largest absolute Gasteiger partial charge is 0.310 e. The molecule has 0 spiro atoms. The molecule has 0 aliphatic heterocycles. The first kappa shape index (κ1) is 12.9. The molecule has 2 bridgehead atoms. The molecule has 0 saturated heterocycles. The van der Waals surface area contributed by atoms with Crippen LogP contribution in [0.3, 0.4) is 0 Å². The molecule has 1 nitrogen and oxygen atoms in total. The molecule has 0 heterocycles. The Kier molecular flexibility index (Phi) is 3.34. The number of nitrogens with one attached hydrogen (secondary N) is 1. The van der Waals surface area contributed by atoms with Gasteiger partial charge in [0.25, 0.3) is 0 Å². The predicted molar refractivity (Wildman–Crippen MR) is 83.6 cm³/mol. The Morgan fingerprint density at radius 3 is 2.75 bits per heavy atom. The first-order valence-corrected chi connectivity index (χ1v) is 8.66. The van der Waals surface area contributed by atoms with E-state index in [-0.39, 0.29) is 0 Å². The predicted octanol–water partition coefficient (Wildman–Crippen LogP) is 4.34. The molecule has 0 radical (unpaired) electrons. The summed E-state index contributed by atoms with van der Waals surface area (Å²) in [6, 6.07) is 9.74. The van der Waals surface area contributed by atoms with Gasteiger partial charge in [-0.25, -0.2) is 0 Å². The first-order valence-electron chi connectivity index (χ1n) is 8.66. The molecule has 20 heavy (non-hydrogen) atoms. The highest BCUT2D eigenvalue weighted by Gasteiger charge is 2.42. The van der Waals surface area contributed by atoms with Gasteiger partial charge < -0.3 is 5.32 Å². The standard InChI is InChI=1S/C19H27N/c1-2-20-19-17(11-15-5-3-4-6-18(15)19)12-16-10-13-7-8-14(16)9-13/h3-6,13-14,16-17,19-20H,2,7-12H2,1H3. The van der Waals surface area contributed by atoms with Crippen molar-refractivity contribution in [2.45, 2.75) is 51.5 Å². The maximum atomic E-state index is 3.77. The molecule has 3 aliphatic carbocycles. The van der Waals surface area contributed by atoms with Crippen LogP contribution in [0.4, 0.5) is 0 Å². The quantitative estimate of drug-likeness (QED) is 0.857. The van der Waals surface area contributed by atoms with Crippen LogP contribution in [-0.2, 0) is 6.42 Å². The Morgan fingerprint density at radius 2 is 2.00 bits per heavy atom. The summed E-state index contributed by atoms with van der Waals surface area (Å²) in [6.07, 6.45) is 8.92. The van der Waals surface area contributed by atoms with Crippen LogP contribution >= 0.6 is 0 Å². The summed E-state index contributed by atoms with van der Waals surface area (Å²) >= 11 is 0. The van der Waals surface area contributed by atoms with Gasteiger partial charge in [-0.2, -0.15) is 0 Å². The van der Waals surface area contributed by atoms with Crippen LogP contribution in [-0.4, -0.2) is 6.54 Å². The SMILES string of the molecule is CCNC1c2ccccc2CC1CC1CC2CCC1C2. The minimum atomic E-state index is 0.621. The smallest absolute Gasteiger partial charge is 0.0354 e. The van der Waals surface area contributed by atoms with Crippen LogP contribution in [0, 0.1) is 23.7 Å². The van der Waals surface area contributed by atoms with E-state index in [4.69, 9.17) is 0 Å². The van der Waals surface area contributed by atoms with Crippen molar-refractivity contribution in [3.63, 3.8) is 0 Å². The fourth-order valence-electron chi connectivity index (χ4n) is 5.45. The average molecular weight is 269 g/mol. The summed E-state index contributed by atoms with van der Waals surface area (Å²) in [7, 11) is 0. The van der Waals surface area contributed by atoms with Gasteiger partial charge in [0, 0.05) is 6.04 Å². The van der Waals surface area contributed by atoms with Crippen molar-refractivity contribution in [1.29, 1.82) is 0 Å². The highest BCUT2D eigenvalue weighted by atomic mass is 14.9. The van der Waals surface area contributed by atoms with E-state index in [0.29, 0.717) is 6.04 Å². The zero-order chi connectivity index (χ0) is 13.5. The van der Waals surface area contributed by atoms with Gasteiger partial charge in [-0.1, -0.05) is 37.6 Å². The molecule has 2 fully saturated rings. The topological polar surface area (TPSA) is 12.0 Å². The third-order valence-electron chi connectivity index (χ3n) is 6.26. The van der Waals surface area contributed by atoms with Crippen molar-refractivity contribution in [2.75, 3.05) is 6.54 Å². The fourth-order valence-corrected chi connectivity index (χ4v) is 5.45. The van der Waals surface area contributed by atoms with Crippen molar-refractivity contribution in [1.82, 2.24) is 5.32 Å². The van der Waals surface area contributed by atoms with Crippen LogP contribution in [0.25, 0.3) is 0 Å². The lowest BCUT2D eigenvalue weighted by molar-refractivity contribution is 0.241. The molecular weight excluding hydrogens is 242 g/mol. The Balaban J connectivity index is 1.50. The lowest BCUT2D eigenvalue weighted by Crippen LogP contribution is -2.27. The molecular formula is C19H27N. The number of fused-ring (bicyclic) bond motifs is 3. The lowest BCUT2D eigenvalue weighted by atomic mass is 9.80. The molecule has 1 aromatic rings. The third kappa shape index (κ3) is 2.11. The zero-order valence-electron chi connectivity index (χ0n) is 12.6. The summed E-state index contributed by atoms with van der Waals surface area (Å²) in [5.74, 6) is 4.04. The number of hydrogen-bond acceptors (Lipinski definition) is 1. The van der Waals surface area contributed by atoms with E-state index in [2.05, 4.69) is 36.5 Å². The first-order chi connectivity index (χ1) is 9.85. The van der Waals surface area contributed by atoms with E-state index in [1.54, 1.807) is 17.5 Å².